The largest absolute Gasteiger partial charge is 0.378 e. The van der Waals surface area contributed by atoms with Gasteiger partial charge >= 0.3 is 0 Å². The average molecular weight is 576 g/mol. The zero-order chi connectivity index (χ0) is 26.6. The molecule has 1 aromatic carbocycles. The number of nitrogens with one attached hydrogen (secondary N) is 2. The Balaban J connectivity index is 1.42. The van der Waals surface area contributed by atoms with E-state index in [0.717, 1.165) is 5.52 Å². The number of fused-ring (bicyclic) bond motifs is 1. The van der Waals surface area contributed by atoms with Gasteiger partial charge < -0.3 is 24.8 Å². The third-order valence-corrected chi connectivity index (χ3v) is 7.33. The number of alkyl halides is 1. The molecule has 1 saturated heterocycles. The lowest BCUT2D eigenvalue weighted by atomic mass is 10.1. The SMILES string of the molecule is O=C(Nc1cc(Cl)ccn1)c1ccc2c(c1)nc(NC1C(Cl)=CC=CC1Cl)n2CCC(=O)N1CCOCC1. The number of rotatable bonds is 7. The zero-order valence-corrected chi connectivity index (χ0v) is 22.5. The normalized spacial score (nSPS) is 19.3. The molecular formula is C26H25Cl3N6O3. The Bertz CT molecular complexity index is 1420. The quantitative estimate of drug-likeness (QED) is 0.397. The predicted molar refractivity (Wildman–Crippen MR) is 149 cm³/mol. The van der Waals surface area contributed by atoms with Gasteiger partial charge in [-0.25, -0.2) is 9.97 Å². The van der Waals surface area contributed by atoms with Gasteiger partial charge in [-0.1, -0.05) is 35.4 Å². The van der Waals surface area contributed by atoms with E-state index >= 15 is 0 Å². The Kier molecular flexibility index (Phi) is 8.18. The van der Waals surface area contributed by atoms with Crippen LogP contribution in [0.15, 0.2) is 59.8 Å². The summed E-state index contributed by atoms with van der Waals surface area (Å²) < 4.78 is 7.27. The van der Waals surface area contributed by atoms with E-state index in [9.17, 15) is 9.59 Å². The Morgan fingerprint density at radius 1 is 1.13 bits per heavy atom. The molecule has 0 bridgehead atoms. The molecule has 38 heavy (non-hydrogen) atoms. The maximum Gasteiger partial charge on any atom is 0.256 e. The molecule has 1 aliphatic heterocycles. The number of anilines is 2. The van der Waals surface area contributed by atoms with Crippen molar-refractivity contribution in [3.63, 3.8) is 0 Å². The van der Waals surface area contributed by atoms with Crippen molar-refractivity contribution < 1.29 is 14.3 Å². The van der Waals surface area contributed by atoms with Gasteiger partial charge in [0.2, 0.25) is 11.9 Å². The van der Waals surface area contributed by atoms with E-state index in [0.29, 0.717) is 65.7 Å². The smallest absolute Gasteiger partial charge is 0.256 e. The highest BCUT2D eigenvalue weighted by atomic mass is 35.5. The van der Waals surface area contributed by atoms with Crippen molar-refractivity contribution in [1.82, 2.24) is 19.4 Å². The molecule has 0 saturated carbocycles. The van der Waals surface area contributed by atoms with Crippen LogP contribution in [0.25, 0.3) is 11.0 Å². The van der Waals surface area contributed by atoms with Gasteiger partial charge in [-0.2, -0.15) is 0 Å². The first-order chi connectivity index (χ1) is 18.4. The second-order valence-electron chi connectivity index (χ2n) is 8.85. The number of nitrogens with zero attached hydrogens (tertiary/aromatic N) is 4. The van der Waals surface area contributed by atoms with Crippen LogP contribution in [0.5, 0.6) is 0 Å². The molecule has 198 valence electrons. The van der Waals surface area contributed by atoms with Gasteiger partial charge in [-0.15, -0.1) is 11.6 Å². The molecule has 0 radical (unpaired) electrons. The highest BCUT2D eigenvalue weighted by Crippen LogP contribution is 2.28. The number of hydrogen-bond donors (Lipinski definition) is 2. The molecule has 0 spiro atoms. The number of carbonyl (C=O) groups is 2. The summed E-state index contributed by atoms with van der Waals surface area (Å²) in [5, 5.41) is 6.71. The van der Waals surface area contributed by atoms with Crippen LogP contribution in [0.3, 0.4) is 0 Å². The van der Waals surface area contributed by atoms with Gasteiger partial charge in [-0.05, 0) is 36.4 Å². The van der Waals surface area contributed by atoms with Crippen LogP contribution in [0.1, 0.15) is 16.8 Å². The van der Waals surface area contributed by atoms with Crippen molar-refractivity contribution in [2.75, 3.05) is 36.9 Å². The van der Waals surface area contributed by atoms with E-state index in [-0.39, 0.29) is 23.6 Å². The number of morpholine rings is 1. The molecular weight excluding hydrogens is 551 g/mol. The number of imidazole rings is 1. The highest BCUT2D eigenvalue weighted by molar-refractivity contribution is 6.32. The molecule has 2 atom stereocenters. The fourth-order valence-electron chi connectivity index (χ4n) is 4.36. The Hall–Kier alpha value is -3.11. The van der Waals surface area contributed by atoms with Gasteiger partial charge in [0, 0.05) is 47.9 Å². The van der Waals surface area contributed by atoms with E-state index < -0.39 is 6.04 Å². The molecule has 2 aliphatic rings. The number of pyridine rings is 1. The maximum atomic E-state index is 12.9. The third kappa shape index (κ3) is 5.96. The van der Waals surface area contributed by atoms with Crippen LogP contribution in [-0.4, -0.2) is 69.0 Å². The van der Waals surface area contributed by atoms with Gasteiger partial charge in [-0.3, -0.25) is 9.59 Å². The lowest BCUT2D eigenvalue weighted by molar-refractivity contribution is -0.135. The van der Waals surface area contributed by atoms with E-state index in [1.807, 2.05) is 27.7 Å². The number of aromatic nitrogens is 3. The molecule has 5 rings (SSSR count). The van der Waals surface area contributed by atoms with Crippen LogP contribution >= 0.6 is 34.8 Å². The molecule has 2 amide bonds. The zero-order valence-electron chi connectivity index (χ0n) is 20.2. The van der Waals surface area contributed by atoms with E-state index in [1.165, 1.54) is 6.20 Å². The summed E-state index contributed by atoms with van der Waals surface area (Å²) >= 11 is 19.0. The topological polar surface area (TPSA) is 101 Å². The number of carbonyl (C=O) groups excluding carboxylic acids is 2. The molecule has 1 aliphatic carbocycles. The highest BCUT2D eigenvalue weighted by Gasteiger charge is 2.26. The number of halogens is 3. The molecule has 3 heterocycles. The molecule has 9 nitrogen and oxygen atoms in total. The van der Waals surface area contributed by atoms with E-state index in [2.05, 4.69) is 15.6 Å². The predicted octanol–water partition coefficient (Wildman–Crippen LogP) is 4.67. The van der Waals surface area contributed by atoms with Gasteiger partial charge in [0.05, 0.1) is 35.7 Å². The molecule has 3 aromatic rings. The number of hydrogen-bond acceptors (Lipinski definition) is 6. The lowest BCUT2D eigenvalue weighted by Crippen LogP contribution is -2.41. The summed E-state index contributed by atoms with van der Waals surface area (Å²) in [7, 11) is 0. The molecule has 2 unspecified atom stereocenters. The van der Waals surface area contributed by atoms with Crippen LogP contribution in [0, 0.1) is 0 Å². The Morgan fingerprint density at radius 3 is 2.71 bits per heavy atom. The van der Waals surface area contributed by atoms with Gasteiger partial charge in [0.1, 0.15) is 5.82 Å². The van der Waals surface area contributed by atoms with Crippen molar-refractivity contribution in [2.24, 2.45) is 0 Å². The maximum absolute atomic E-state index is 12.9. The van der Waals surface area contributed by atoms with Crippen molar-refractivity contribution in [3.05, 3.63) is 70.4 Å². The first-order valence-electron chi connectivity index (χ1n) is 12.1. The third-order valence-electron chi connectivity index (χ3n) is 6.34. The summed E-state index contributed by atoms with van der Waals surface area (Å²) in [4.78, 5) is 36.4. The first-order valence-corrected chi connectivity index (χ1v) is 13.3. The van der Waals surface area contributed by atoms with Crippen molar-refractivity contribution in [2.45, 2.75) is 24.4 Å². The number of amides is 2. The minimum Gasteiger partial charge on any atom is -0.378 e. The molecule has 2 N–H and O–H groups in total. The summed E-state index contributed by atoms with van der Waals surface area (Å²) in [6.07, 6.45) is 7.22. The fraction of sp³-hybridized carbons (Fsp3) is 0.308. The minimum atomic E-state index is -0.398. The van der Waals surface area contributed by atoms with Crippen molar-refractivity contribution >= 4 is 69.4 Å². The first kappa shape index (κ1) is 26.5. The van der Waals surface area contributed by atoms with E-state index in [4.69, 9.17) is 44.5 Å². The van der Waals surface area contributed by atoms with Crippen molar-refractivity contribution in [1.29, 1.82) is 0 Å². The number of ether oxygens (including phenoxy) is 1. The lowest BCUT2D eigenvalue weighted by Gasteiger charge is -2.27. The van der Waals surface area contributed by atoms with Crippen LogP contribution in [-0.2, 0) is 16.1 Å². The number of benzene rings is 1. The fourth-order valence-corrected chi connectivity index (χ4v) is 5.13. The Morgan fingerprint density at radius 2 is 1.95 bits per heavy atom. The average Bonchev–Trinajstić information content (AvgIpc) is 3.26. The standard InChI is InChI=1S/C26H25Cl3N6O3/c27-17-6-8-30-22(15-17)32-25(37)16-4-5-21-20(14-16)31-26(33-24-18(28)2-1-3-19(24)29)35(21)9-7-23(36)34-10-12-38-13-11-34/h1-6,8,14-15,18,24H,7,9-13H2,(H,31,33)(H,30,32,37). The second kappa shape index (κ2) is 11.7. The second-order valence-corrected chi connectivity index (χ2v) is 10.2. The van der Waals surface area contributed by atoms with Crippen LogP contribution < -0.4 is 10.6 Å². The molecule has 2 aromatic heterocycles. The van der Waals surface area contributed by atoms with Crippen LogP contribution in [0.2, 0.25) is 5.02 Å². The number of allylic oxidation sites excluding steroid dienone is 2. The summed E-state index contributed by atoms with van der Waals surface area (Å²) in [6.45, 7) is 2.62. The summed E-state index contributed by atoms with van der Waals surface area (Å²) in [6, 6.07) is 8.00. The molecule has 1 fully saturated rings. The summed E-state index contributed by atoms with van der Waals surface area (Å²) in [5.41, 5.74) is 1.74. The Labute approximate surface area is 234 Å². The summed E-state index contributed by atoms with van der Waals surface area (Å²) in [5.74, 6) is 0.538. The number of aryl methyl sites for hydroxylation is 1. The molecule has 12 heteroatoms. The van der Waals surface area contributed by atoms with Gasteiger partial charge in [0.25, 0.3) is 5.91 Å². The van der Waals surface area contributed by atoms with Crippen LogP contribution in [0.4, 0.5) is 11.8 Å². The van der Waals surface area contributed by atoms with E-state index in [1.54, 1.807) is 30.3 Å². The monoisotopic (exact) mass is 574 g/mol. The minimum absolute atomic E-state index is 0.0415. The van der Waals surface area contributed by atoms with Crippen molar-refractivity contribution in [3.8, 4) is 0 Å². The van der Waals surface area contributed by atoms with Gasteiger partial charge in [0.15, 0.2) is 0 Å².